The molecule has 0 unspecified atom stereocenters. The van der Waals surface area contributed by atoms with E-state index in [1.54, 1.807) is 36.4 Å². The molecule has 1 heterocycles. The summed E-state index contributed by atoms with van der Waals surface area (Å²) >= 11 is 1.23. The Morgan fingerprint density at radius 2 is 1.66 bits per heavy atom. The van der Waals surface area contributed by atoms with E-state index in [0.29, 0.717) is 11.3 Å². The van der Waals surface area contributed by atoms with E-state index in [9.17, 15) is 25.0 Å². The maximum Gasteiger partial charge on any atom is 0.287 e. The SMILES string of the molecule is O=C(CSc1ccc([N+](=O)[O-])cc1)NN=Cc1ccc(Oc2ccc([N+](=O)[O-])cn2)cc1. The Morgan fingerprint density at radius 3 is 2.25 bits per heavy atom. The molecule has 2 aromatic carbocycles. The first-order valence-electron chi connectivity index (χ1n) is 8.98. The van der Waals surface area contributed by atoms with Crippen molar-refractivity contribution >= 4 is 35.3 Å². The van der Waals surface area contributed by atoms with Gasteiger partial charge in [-0.1, -0.05) is 0 Å². The van der Waals surface area contributed by atoms with Crippen molar-refractivity contribution in [2.45, 2.75) is 4.90 Å². The smallest absolute Gasteiger partial charge is 0.287 e. The van der Waals surface area contributed by atoms with Crippen LogP contribution in [0.5, 0.6) is 11.6 Å². The Hall–Kier alpha value is -4.32. The highest BCUT2D eigenvalue weighted by Crippen LogP contribution is 2.22. The summed E-state index contributed by atoms with van der Waals surface area (Å²) in [6, 6.07) is 15.4. The molecule has 0 radical (unpaired) electrons. The van der Waals surface area contributed by atoms with Gasteiger partial charge in [0.05, 0.1) is 21.8 Å². The van der Waals surface area contributed by atoms with E-state index in [4.69, 9.17) is 4.74 Å². The first-order valence-corrected chi connectivity index (χ1v) is 9.97. The van der Waals surface area contributed by atoms with Crippen molar-refractivity contribution < 1.29 is 19.4 Å². The molecule has 0 saturated heterocycles. The molecule has 0 saturated carbocycles. The van der Waals surface area contributed by atoms with Crippen LogP contribution < -0.4 is 10.2 Å². The number of amides is 1. The first kappa shape index (κ1) is 22.4. The molecule has 12 heteroatoms. The van der Waals surface area contributed by atoms with E-state index in [2.05, 4.69) is 15.5 Å². The van der Waals surface area contributed by atoms with Gasteiger partial charge in [-0.25, -0.2) is 10.4 Å². The van der Waals surface area contributed by atoms with Gasteiger partial charge in [0.15, 0.2) is 0 Å². The van der Waals surface area contributed by atoms with Crippen LogP contribution in [0, 0.1) is 20.2 Å². The number of nitrogens with one attached hydrogen (secondary N) is 1. The van der Waals surface area contributed by atoms with Crippen molar-refractivity contribution in [1.29, 1.82) is 0 Å². The number of nitrogens with zero attached hydrogens (tertiary/aromatic N) is 4. The zero-order valence-corrected chi connectivity index (χ0v) is 17.1. The number of benzene rings is 2. The number of hydrogen-bond acceptors (Lipinski definition) is 9. The van der Waals surface area contributed by atoms with Crippen LogP contribution in [0.4, 0.5) is 11.4 Å². The number of thioether (sulfide) groups is 1. The summed E-state index contributed by atoms with van der Waals surface area (Å²) in [6.45, 7) is 0. The molecule has 0 bridgehead atoms. The van der Waals surface area contributed by atoms with Gasteiger partial charge in [-0.3, -0.25) is 25.0 Å². The van der Waals surface area contributed by atoms with E-state index in [1.807, 2.05) is 0 Å². The lowest BCUT2D eigenvalue weighted by atomic mass is 10.2. The third kappa shape index (κ3) is 6.60. The van der Waals surface area contributed by atoms with Gasteiger partial charge in [0.25, 0.3) is 11.4 Å². The average Bonchev–Trinajstić information content (AvgIpc) is 2.79. The number of aromatic nitrogens is 1. The standard InChI is InChI=1S/C20H15N5O6S/c26-19(13-32-18-8-3-15(4-9-18)24(27)28)23-22-11-14-1-6-17(7-2-14)31-20-10-5-16(12-21-20)25(29)30/h1-12H,13H2,(H,23,26). The predicted molar refractivity (Wildman–Crippen MR) is 117 cm³/mol. The average molecular weight is 453 g/mol. The van der Waals surface area contributed by atoms with Gasteiger partial charge in [-0.2, -0.15) is 5.10 Å². The van der Waals surface area contributed by atoms with Crippen LogP contribution in [-0.4, -0.2) is 32.7 Å². The molecule has 0 fully saturated rings. The summed E-state index contributed by atoms with van der Waals surface area (Å²) in [5, 5.41) is 25.2. The molecule has 1 aromatic heterocycles. The van der Waals surface area contributed by atoms with Gasteiger partial charge in [-0.05, 0) is 42.0 Å². The number of non-ortho nitro benzene ring substituents is 1. The van der Waals surface area contributed by atoms with Crippen molar-refractivity contribution in [3.05, 3.63) is 92.7 Å². The maximum atomic E-state index is 11.9. The second-order valence-corrected chi connectivity index (χ2v) is 7.16. The van der Waals surface area contributed by atoms with Crippen molar-refractivity contribution in [3.8, 4) is 11.6 Å². The highest BCUT2D eigenvalue weighted by Gasteiger charge is 2.07. The lowest BCUT2D eigenvalue weighted by Crippen LogP contribution is -2.19. The zero-order valence-electron chi connectivity index (χ0n) is 16.3. The Morgan fingerprint density at radius 1 is 1.00 bits per heavy atom. The number of pyridine rings is 1. The second-order valence-electron chi connectivity index (χ2n) is 6.12. The van der Waals surface area contributed by atoms with Gasteiger partial charge in [0.1, 0.15) is 11.9 Å². The third-order valence-electron chi connectivity index (χ3n) is 3.85. The van der Waals surface area contributed by atoms with Crippen LogP contribution in [0.2, 0.25) is 0 Å². The summed E-state index contributed by atoms with van der Waals surface area (Å²) < 4.78 is 5.52. The predicted octanol–water partition coefficient (Wildman–Crippen LogP) is 3.93. The number of nitro groups is 2. The summed E-state index contributed by atoms with van der Waals surface area (Å²) in [6.07, 6.45) is 2.57. The molecule has 3 rings (SSSR count). The topological polar surface area (TPSA) is 150 Å². The first-order chi connectivity index (χ1) is 15.4. The Kier molecular flexibility index (Phi) is 7.43. The van der Waals surface area contributed by atoms with E-state index in [1.165, 1.54) is 42.2 Å². The Balaban J connectivity index is 1.45. The van der Waals surface area contributed by atoms with Crippen molar-refractivity contribution in [2.24, 2.45) is 5.10 Å². The van der Waals surface area contributed by atoms with Crippen LogP contribution >= 0.6 is 11.8 Å². The summed E-state index contributed by atoms with van der Waals surface area (Å²) in [4.78, 5) is 36.7. The highest BCUT2D eigenvalue weighted by atomic mass is 32.2. The lowest BCUT2D eigenvalue weighted by Gasteiger charge is -2.04. The molecule has 0 aliphatic rings. The van der Waals surface area contributed by atoms with Gasteiger partial charge < -0.3 is 4.74 Å². The van der Waals surface area contributed by atoms with E-state index < -0.39 is 9.85 Å². The van der Waals surface area contributed by atoms with Crippen molar-refractivity contribution in [3.63, 3.8) is 0 Å². The van der Waals surface area contributed by atoms with Crippen LogP contribution in [0.3, 0.4) is 0 Å². The molecule has 11 nitrogen and oxygen atoms in total. The van der Waals surface area contributed by atoms with E-state index in [0.717, 1.165) is 11.1 Å². The summed E-state index contributed by atoms with van der Waals surface area (Å²) in [5.74, 6) is 0.472. The fraction of sp³-hybridized carbons (Fsp3) is 0.0500. The Labute approximate surface area is 185 Å². The van der Waals surface area contributed by atoms with Crippen LogP contribution in [0.15, 0.2) is 76.9 Å². The molecular formula is C20H15N5O6S. The lowest BCUT2D eigenvalue weighted by molar-refractivity contribution is -0.385. The van der Waals surface area contributed by atoms with Crippen molar-refractivity contribution in [2.75, 3.05) is 5.75 Å². The maximum absolute atomic E-state index is 11.9. The van der Waals surface area contributed by atoms with Gasteiger partial charge >= 0.3 is 0 Å². The molecular weight excluding hydrogens is 438 g/mol. The number of carbonyl (C=O) groups excluding carboxylic acids is 1. The number of rotatable bonds is 9. The fourth-order valence-electron chi connectivity index (χ4n) is 2.31. The molecule has 32 heavy (non-hydrogen) atoms. The molecule has 3 aromatic rings. The second kappa shape index (κ2) is 10.6. The minimum atomic E-state index is -0.544. The van der Waals surface area contributed by atoms with Gasteiger partial charge in [0, 0.05) is 29.2 Å². The van der Waals surface area contributed by atoms with E-state index in [-0.39, 0.29) is 28.9 Å². The molecule has 1 amide bonds. The van der Waals surface area contributed by atoms with E-state index >= 15 is 0 Å². The fourth-order valence-corrected chi connectivity index (χ4v) is 3.00. The quantitative estimate of drug-likeness (QED) is 0.221. The molecule has 0 spiro atoms. The summed E-state index contributed by atoms with van der Waals surface area (Å²) in [7, 11) is 0. The van der Waals surface area contributed by atoms with Crippen LogP contribution in [0.1, 0.15) is 5.56 Å². The monoisotopic (exact) mass is 453 g/mol. The molecule has 0 aliphatic heterocycles. The van der Waals surface area contributed by atoms with Crippen molar-refractivity contribution in [1.82, 2.24) is 10.4 Å². The van der Waals surface area contributed by atoms with Gasteiger partial charge in [0.2, 0.25) is 11.8 Å². The largest absolute Gasteiger partial charge is 0.439 e. The highest BCUT2D eigenvalue weighted by molar-refractivity contribution is 8.00. The molecule has 1 N–H and O–H groups in total. The zero-order chi connectivity index (χ0) is 22.9. The summed E-state index contributed by atoms with van der Waals surface area (Å²) in [5.41, 5.74) is 2.97. The minimum absolute atomic E-state index is 0.0103. The van der Waals surface area contributed by atoms with Gasteiger partial charge in [-0.15, -0.1) is 11.8 Å². The number of hydrogen-bond donors (Lipinski definition) is 1. The molecule has 0 atom stereocenters. The molecule has 0 aliphatic carbocycles. The number of carbonyl (C=O) groups is 1. The number of ether oxygens (including phenoxy) is 1. The van der Waals surface area contributed by atoms with Crippen LogP contribution in [0.25, 0.3) is 0 Å². The van der Waals surface area contributed by atoms with Crippen LogP contribution in [-0.2, 0) is 4.79 Å². The number of nitro benzene ring substituents is 1. The molecule has 162 valence electrons. The normalized spacial score (nSPS) is 10.6. The minimum Gasteiger partial charge on any atom is -0.439 e. The number of hydrazone groups is 1. The third-order valence-corrected chi connectivity index (χ3v) is 4.87. The Bertz CT molecular complexity index is 1130.